The third-order valence-corrected chi connectivity index (χ3v) is 6.01. The summed E-state index contributed by atoms with van der Waals surface area (Å²) in [7, 11) is 0. The minimum absolute atomic E-state index is 0.0410. The van der Waals surface area contributed by atoms with Crippen LogP contribution in [0, 0.1) is 5.92 Å². The van der Waals surface area contributed by atoms with Gasteiger partial charge in [-0.3, -0.25) is 9.59 Å². The average Bonchev–Trinajstić information content (AvgIpc) is 3.31. The van der Waals surface area contributed by atoms with Crippen LogP contribution >= 0.6 is 11.3 Å². The molecule has 2 aliphatic rings. The van der Waals surface area contributed by atoms with Crippen molar-refractivity contribution >= 4 is 23.2 Å². The predicted molar refractivity (Wildman–Crippen MR) is 104 cm³/mol. The van der Waals surface area contributed by atoms with Crippen LogP contribution < -0.4 is 5.32 Å². The van der Waals surface area contributed by atoms with Gasteiger partial charge < -0.3 is 10.2 Å². The van der Waals surface area contributed by atoms with Gasteiger partial charge in [0, 0.05) is 30.1 Å². The topological polar surface area (TPSA) is 49.4 Å². The zero-order chi connectivity index (χ0) is 17.9. The fraction of sp³-hybridized carbons (Fsp3) is 0.429. The Labute approximate surface area is 158 Å². The Morgan fingerprint density at radius 1 is 1.00 bits per heavy atom. The number of benzene rings is 1. The maximum absolute atomic E-state index is 12.4. The molecule has 2 aromatic rings. The highest BCUT2D eigenvalue weighted by atomic mass is 32.1. The summed E-state index contributed by atoms with van der Waals surface area (Å²) in [6.07, 6.45) is 5.32. The van der Waals surface area contributed by atoms with E-state index in [0.717, 1.165) is 56.3 Å². The largest absolute Gasteiger partial charge is 0.349 e. The van der Waals surface area contributed by atoms with Gasteiger partial charge in [0.05, 0.1) is 5.56 Å². The molecule has 136 valence electrons. The lowest BCUT2D eigenvalue weighted by Crippen LogP contribution is -2.38. The van der Waals surface area contributed by atoms with Gasteiger partial charge in [-0.2, -0.15) is 11.3 Å². The van der Waals surface area contributed by atoms with Crippen molar-refractivity contribution in [3.05, 3.63) is 57.8 Å². The lowest BCUT2D eigenvalue weighted by Gasteiger charge is -2.32. The number of thiophene rings is 1. The van der Waals surface area contributed by atoms with Crippen LogP contribution in [0.15, 0.2) is 41.1 Å². The zero-order valence-electron chi connectivity index (χ0n) is 14.8. The molecule has 4 rings (SSSR count). The molecule has 1 aromatic heterocycles. The van der Waals surface area contributed by atoms with Gasteiger partial charge in [-0.1, -0.05) is 12.1 Å². The maximum Gasteiger partial charge on any atom is 0.254 e. The van der Waals surface area contributed by atoms with Crippen LogP contribution in [-0.2, 0) is 6.42 Å². The van der Waals surface area contributed by atoms with Crippen LogP contribution in [0.25, 0.3) is 0 Å². The molecule has 0 radical (unpaired) electrons. The number of carbonyl (C=O) groups excluding carboxylic acids is 2. The lowest BCUT2D eigenvalue weighted by atomic mass is 9.89. The first-order valence-electron chi connectivity index (χ1n) is 9.40. The van der Waals surface area contributed by atoms with Gasteiger partial charge in [0.15, 0.2) is 0 Å². The molecular weight excluding hydrogens is 344 g/mol. The molecule has 2 fully saturated rings. The third-order valence-electron chi connectivity index (χ3n) is 5.32. The zero-order valence-corrected chi connectivity index (χ0v) is 15.6. The molecule has 1 saturated heterocycles. The minimum atomic E-state index is 0.0410. The smallest absolute Gasteiger partial charge is 0.254 e. The second-order valence-corrected chi connectivity index (χ2v) is 8.18. The molecular formula is C21H24N2O2S. The van der Waals surface area contributed by atoms with Crippen molar-refractivity contribution in [1.82, 2.24) is 10.2 Å². The summed E-state index contributed by atoms with van der Waals surface area (Å²) in [5.74, 6) is 0.808. The number of piperidine rings is 1. The molecule has 2 amide bonds. The van der Waals surface area contributed by atoms with Gasteiger partial charge in [-0.15, -0.1) is 0 Å². The molecule has 0 atom stereocenters. The fourth-order valence-electron chi connectivity index (χ4n) is 3.53. The summed E-state index contributed by atoms with van der Waals surface area (Å²) in [5, 5.41) is 6.90. The summed E-state index contributed by atoms with van der Waals surface area (Å²) in [6, 6.07) is 10.3. The second kappa shape index (κ2) is 7.62. The van der Waals surface area contributed by atoms with Crippen molar-refractivity contribution in [3.8, 4) is 0 Å². The Morgan fingerprint density at radius 2 is 1.73 bits per heavy atom. The number of likely N-dealkylation sites (tertiary alicyclic amines) is 1. The van der Waals surface area contributed by atoms with E-state index in [1.165, 1.54) is 5.56 Å². The number of rotatable bonds is 5. The molecule has 4 nitrogen and oxygen atoms in total. The second-order valence-electron chi connectivity index (χ2n) is 7.40. The van der Waals surface area contributed by atoms with E-state index in [-0.39, 0.29) is 11.8 Å². The molecule has 0 bridgehead atoms. The van der Waals surface area contributed by atoms with Crippen LogP contribution in [0.2, 0.25) is 0 Å². The van der Waals surface area contributed by atoms with Crippen LogP contribution in [0.5, 0.6) is 0 Å². The van der Waals surface area contributed by atoms with Crippen molar-refractivity contribution < 1.29 is 9.59 Å². The highest BCUT2D eigenvalue weighted by Gasteiger charge is 2.25. The van der Waals surface area contributed by atoms with E-state index in [4.69, 9.17) is 0 Å². The summed E-state index contributed by atoms with van der Waals surface area (Å²) in [5.41, 5.74) is 2.83. The van der Waals surface area contributed by atoms with Crippen LogP contribution in [-0.4, -0.2) is 35.8 Å². The van der Waals surface area contributed by atoms with Gasteiger partial charge in [0.2, 0.25) is 0 Å². The molecule has 1 aliphatic heterocycles. The molecule has 5 heteroatoms. The molecule has 2 heterocycles. The first kappa shape index (κ1) is 17.3. The normalized spacial score (nSPS) is 17.9. The number of carbonyl (C=O) groups is 2. The number of nitrogens with one attached hydrogen (secondary N) is 1. The summed E-state index contributed by atoms with van der Waals surface area (Å²) < 4.78 is 0. The number of amides is 2. The van der Waals surface area contributed by atoms with Gasteiger partial charge in [-0.25, -0.2) is 0 Å². The molecule has 0 spiro atoms. The Hall–Kier alpha value is -2.14. The van der Waals surface area contributed by atoms with E-state index in [9.17, 15) is 9.59 Å². The monoisotopic (exact) mass is 368 g/mol. The molecule has 0 unspecified atom stereocenters. The summed E-state index contributed by atoms with van der Waals surface area (Å²) in [4.78, 5) is 26.4. The van der Waals surface area contributed by atoms with E-state index in [1.807, 2.05) is 33.9 Å². The lowest BCUT2D eigenvalue weighted by molar-refractivity contribution is 0.0691. The Bertz CT molecular complexity index is 758. The quantitative estimate of drug-likeness (QED) is 0.874. The number of nitrogens with zero attached hydrogens (tertiary/aromatic N) is 1. The van der Waals surface area contributed by atoms with E-state index >= 15 is 0 Å². The van der Waals surface area contributed by atoms with E-state index in [0.29, 0.717) is 12.0 Å². The van der Waals surface area contributed by atoms with Crippen molar-refractivity contribution in [2.45, 2.75) is 38.1 Å². The standard InChI is InChI=1S/C21H24N2O2S/c24-20(22-19-5-6-19)17-3-1-15(2-4-17)13-16-7-10-23(11-8-16)21(25)18-9-12-26-14-18/h1-4,9,12,14,16,19H,5-8,10-11,13H2,(H,22,24). The van der Waals surface area contributed by atoms with Gasteiger partial charge >= 0.3 is 0 Å². The first-order chi connectivity index (χ1) is 12.7. The van der Waals surface area contributed by atoms with Crippen molar-refractivity contribution in [1.29, 1.82) is 0 Å². The van der Waals surface area contributed by atoms with E-state index < -0.39 is 0 Å². The van der Waals surface area contributed by atoms with Crippen molar-refractivity contribution in [3.63, 3.8) is 0 Å². The summed E-state index contributed by atoms with van der Waals surface area (Å²) in [6.45, 7) is 1.67. The van der Waals surface area contributed by atoms with E-state index in [2.05, 4.69) is 17.4 Å². The number of hydrogen-bond donors (Lipinski definition) is 1. The Kier molecular flexibility index (Phi) is 5.07. The molecule has 1 aliphatic carbocycles. The van der Waals surface area contributed by atoms with E-state index in [1.54, 1.807) is 11.3 Å². The first-order valence-corrected chi connectivity index (χ1v) is 10.3. The fourth-order valence-corrected chi connectivity index (χ4v) is 4.16. The van der Waals surface area contributed by atoms with Crippen LogP contribution in [0.4, 0.5) is 0 Å². The van der Waals surface area contributed by atoms with Gasteiger partial charge in [0.1, 0.15) is 0 Å². The SMILES string of the molecule is O=C(NC1CC1)c1ccc(CC2CCN(C(=O)c3ccsc3)CC2)cc1. The predicted octanol–water partition coefficient (Wildman–Crippen LogP) is 3.74. The molecule has 1 N–H and O–H groups in total. The Morgan fingerprint density at radius 3 is 2.35 bits per heavy atom. The highest BCUT2D eigenvalue weighted by molar-refractivity contribution is 7.08. The highest BCUT2D eigenvalue weighted by Crippen LogP contribution is 2.24. The molecule has 1 aromatic carbocycles. The maximum atomic E-state index is 12.4. The minimum Gasteiger partial charge on any atom is -0.349 e. The number of hydrogen-bond acceptors (Lipinski definition) is 3. The average molecular weight is 369 g/mol. The third kappa shape index (κ3) is 4.15. The summed E-state index contributed by atoms with van der Waals surface area (Å²) >= 11 is 1.57. The Balaban J connectivity index is 1.27. The molecule has 1 saturated carbocycles. The van der Waals surface area contributed by atoms with Crippen LogP contribution in [0.1, 0.15) is 52.0 Å². The van der Waals surface area contributed by atoms with Gasteiger partial charge in [0.25, 0.3) is 11.8 Å². The van der Waals surface area contributed by atoms with Crippen molar-refractivity contribution in [2.24, 2.45) is 5.92 Å². The van der Waals surface area contributed by atoms with Gasteiger partial charge in [-0.05, 0) is 67.2 Å². The van der Waals surface area contributed by atoms with Crippen molar-refractivity contribution in [2.75, 3.05) is 13.1 Å². The van der Waals surface area contributed by atoms with Crippen LogP contribution in [0.3, 0.4) is 0 Å². The molecule has 26 heavy (non-hydrogen) atoms.